The second-order valence-corrected chi connectivity index (χ2v) is 18.1. The second kappa shape index (κ2) is 12.7. The van der Waals surface area contributed by atoms with Crippen molar-refractivity contribution < 1.29 is 14.6 Å². The van der Waals surface area contributed by atoms with Crippen LogP contribution in [0, 0.1) is 0 Å². The second-order valence-electron chi connectivity index (χ2n) is 11.6. The van der Waals surface area contributed by atoms with E-state index >= 15 is 0 Å². The number of hydrogen-bond donors (Lipinski definition) is 2. The molecule has 2 N–H and O–H groups in total. The van der Waals surface area contributed by atoms with Crippen LogP contribution < -0.4 is 10.2 Å². The van der Waals surface area contributed by atoms with Gasteiger partial charge in [0, 0.05) is 57.2 Å². The molecule has 0 aliphatic carbocycles. The number of rotatable bonds is 9. The topological polar surface area (TPSA) is 118 Å². The number of ether oxygens (including phenoxy) is 1. The van der Waals surface area contributed by atoms with E-state index in [4.69, 9.17) is 24.9 Å². The Balaban J connectivity index is 1.49. The van der Waals surface area contributed by atoms with Crippen molar-refractivity contribution in [1.82, 2.24) is 30.0 Å². The highest BCUT2D eigenvalue weighted by atomic mass is 79.9. The first-order valence-corrected chi connectivity index (χ1v) is 18.4. The molecule has 1 aliphatic rings. The van der Waals surface area contributed by atoms with Crippen LogP contribution in [0.2, 0.25) is 25.7 Å². The number of pyridine rings is 3. The molecule has 216 valence electrons. The van der Waals surface area contributed by atoms with E-state index in [9.17, 15) is 4.79 Å². The van der Waals surface area contributed by atoms with Gasteiger partial charge in [-0.2, -0.15) is 5.10 Å². The van der Waals surface area contributed by atoms with Gasteiger partial charge in [-0.15, -0.1) is 0 Å². The van der Waals surface area contributed by atoms with Gasteiger partial charge in [0.2, 0.25) is 0 Å². The Morgan fingerprint density at radius 1 is 1.17 bits per heavy atom. The van der Waals surface area contributed by atoms with E-state index in [-0.39, 0.29) is 6.04 Å². The number of nitrogens with one attached hydrogen (secondary N) is 1. The SMILES string of the molecule is C[Si](C)(C)CCOCn1nc(-c2ccc(Br)c(N3CCCC(NC(=O)O)CC3)n2)c2cc(-c3cccnc3)ncc21. The van der Waals surface area contributed by atoms with Crippen molar-refractivity contribution in [3.05, 3.63) is 53.4 Å². The molecule has 0 aromatic carbocycles. The minimum absolute atomic E-state index is 0.0570. The molecule has 12 heteroatoms. The molecule has 1 amide bonds. The number of hydrogen-bond acceptors (Lipinski definition) is 7. The van der Waals surface area contributed by atoms with Crippen LogP contribution in [0.5, 0.6) is 0 Å². The van der Waals surface area contributed by atoms with Crippen LogP contribution in [0.1, 0.15) is 19.3 Å². The van der Waals surface area contributed by atoms with E-state index < -0.39 is 14.2 Å². The lowest BCUT2D eigenvalue weighted by Crippen LogP contribution is -2.34. The van der Waals surface area contributed by atoms with Gasteiger partial charge in [-0.3, -0.25) is 9.97 Å². The summed E-state index contributed by atoms with van der Waals surface area (Å²) in [4.78, 5) is 27.5. The van der Waals surface area contributed by atoms with Gasteiger partial charge in [0.1, 0.15) is 18.2 Å². The zero-order valence-corrected chi connectivity index (χ0v) is 26.3. The predicted molar refractivity (Wildman–Crippen MR) is 167 cm³/mol. The molecule has 5 heterocycles. The van der Waals surface area contributed by atoms with Crippen molar-refractivity contribution in [2.75, 3.05) is 24.6 Å². The highest BCUT2D eigenvalue weighted by Gasteiger charge is 2.23. The van der Waals surface area contributed by atoms with Crippen molar-refractivity contribution in [3.8, 4) is 22.6 Å². The van der Waals surface area contributed by atoms with Crippen LogP contribution in [-0.2, 0) is 11.5 Å². The molecule has 4 aromatic heterocycles. The predicted octanol–water partition coefficient (Wildman–Crippen LogP) is 6.26. The smallest absolute Gasteiger partial charge is 0.404 e. The molecule has 1 atom stereocenters. The number of carbonyl (C=O) groups is 1. The van der Waals surface area contributed by atoms with Gasteiger partial charge in [0.05, 0.1) is 27.6 Å². The molecule has 41 heavy (non-hydrogen) atoms. The van der Waals surface area contributed by atoms with Crippen LogP contribution in [0.4, 0.5) is 10.6 Å². The monoisotopic (exact) mass is 637 g/mol. The zero-order chi connectivity index (χ0) is 29.0. The van der Waals surface area contributed by atoms with Crippen molar-refractivity contribution in [2.24, 2.45) is 0 Å². The Kier molecular flexibility index (Phi) is 9.00. The minimum atomic E-state index is -1.21. The number of halogens is 1. The average molecular weight is 639 g/mol. The van der Waals surface area contributed by atoms with Gasteiger partial charge in [0.15, 0.2) is 0 Å². The van der Waals surface area contributed by atoms with Crippen LogP contribution in [0.25, 0.3) is 33.5 Å². The summed E-state index contributed by atoms with van der Waals surface area (Å²) in [5.74, 6) is 0.828. The lowest BCUT2D eigenvalue weighted by Gasteiger charge is -2.23. The van der Waals surface area contributed by atoms with Crippen LogP contribution >= 0.6 is 15.9 Å². The van der Waals surface area contributed by atoms with E-state index in [2.05, 4.69) is 50.8 Å². The third-order valence-corrected chi connectivity index (χ3v) is 9.55. The van der Waals surface area contributed by atoms with Crippen molar-refractivity contribution in [1.29, 1.82) is 0 Å². The summed E-state index contributed by atoms with van der Waals surface area (Å²) in [5.41, 5.74) is 4.13. The maximum atomic E-state index is 11.2. The number of aromatic nitrogens is 5. The Morgan fingerprint density at radius 2 is 2.02 bits per heavy atom. The number of fused-ring (bicyclic) bond motifs is 1. The molecular weight excluding hydrogens is 602 g/mol. The summed E-state index contributed by atoms with van der Waals surface area (Å²) < 4.78 is 8.83. The molecule has 0 spiro atoms. The standard InChI is InChI=1S/C29H36BrN7O3Si/c1-41(2,3)15-14-40-19-37-26-18-32-25(20-6-4-11-31-17-20)16-22(26)27(35-37)24-9-8-23(30)28(34-24)36-12-5-7-21(10-13-36)33-29(38)39/h4,6,8-9,11,16-18,21,33H,5,7,10,12-15,19H2,1-3H3,(H,38,39). The Labute approximate surface area is 249 Å². The van der Waals surface area contributed by atoms with Gasteiger partial charge >= 0.3 is 6.09 Å². The molecule has 1 unspecified atom stereocenters. The van der Waals surface area contributed by atoms with E-state index in [1.165, 1.54) is 0 Å². The third kappa shape index (κ3) is 7.30. The first-order chi connectivity index (χ1) is 19.7. The minimum Gasteiger partial charge on any atom is -0.465 e. The highest BCUT2D eigenvalue weighted by Crippen LogP contribution is 2.34. The van der Waals surface area contributed by atoms with Gasteiger partial charge in [-0.1, -0.05) is 19.6 Å². The lowest BCUT2D eigenvalue weighted by atomic mass is 10.1. The summed E-state index contributed by atoms with van der Waals surface area (Å²) in [7, 11) is -1.21. The molecule has 1 saturated heterocycles. The molecular formula is C29H36BrN7O3Si. The zero-order valence-electron chi connectivity index (χ0n) is 23.7. The Morgan fingerprint density at radius 3 is 2.78 bits per heavy atom. The molecule has 4 aromatic rings. The third-order valence-electron chi connectivity index (χ3n) is 7.23. The Hall–Kier alpha value is -3.35. The van der Waals surface area contributed by atoms with Gasteiger partial charge in [-0.05, 0) is 71.6 Å². The maximum Gasteiger partial charge on any atom is 0.404 e. The van der Waals surface area contributed by atoms with Crippen molar-refractivity contribution in [2.45, 2.75) is 57.7 Å². The number of amides is 1. The fourth-order valence-electron chi connectivity index (χ4n) is 4.97. The first-order valence-electron chi connectivity index (χ1n) is 13.9. The van der Waals surface area contributed by atoms with Crippen molar-refractivity contribution >= 4 is 46.8 Å². The highest BCUT2D eigenvalue weighted by molar-refractivity contribution is 9.10. The fraction of sp³-hybridized carbons (Fsp3) is 0.414. The summed E-state index contributed by atoms with van der Waals surface area (Å²) in [5, 5.41) is 17.7. The lowest BCUT2D eigenvalue weighted by molar-refractivity contribution is 0.0818. The molecule has 0 saturated carbocycles. The maximum absolute atomic E-state index is 11.2. The molecule has 0 bridgehead atoms. The summed E-state index contributed by atoms with van der Waals surface area (Å²) >= 11 is 3.70. The summed E-state index contributed by atoms with van der Waals surface area (Å²) in [6.45, 7) is 9.54. The van der Waals surface area contributed by atoms with E-state index in [0.29, 0.717) is 19.9 Å². The van der Waals surface area contributed by atoms with E-state index in [0.717, 1.165) is 75.7 Å². The van der Waals surface area contributed by atoms with Crippen LogP contribution in [0.15, 0.2) is 53.4 Å². The fourth-order valence-corrected chi connectivity index (χ4v) is 6.20. The van der Waals surface area contributed by atoms with Crippen molar-refractivity contribution in [3.63, 3.8) is 0 Å². The van der Waals surface area contributed by atoms with Gasteiger partial charge in [-0.25, -0.2) is 14.5 Å². The molecule has 5 rings (SSSR count). The average Bonchev–Trinajstić information content (AvgIpc) is 3.14. The Bertz CT molecular complexity index is 1510. The molecule has 0 radical (unpaired) electrons. The normalized spacial score (nSPS) is 16.1. The number of nitrogens with zero attached hydrogens (tertiary/aromatic N) is 6. The quantitative estimate of drug-likeness (QED) is 0.163. The molecule has 1 aliphatic heterocycles. The summed E-state index contributed by atoms with van der Waals surface area (Å²) in [6.07, 6.45) is 6.82. The van der Waals surface area contributed by atoms with Gasteiger partial charge < -0.3 is 20.1 Å². The van der Waals surface area contributed by atoms with Gasteiger partial charge in [0.25, 0.3) is 0 Å². The molecule has 10 nitrogen and oxygen atoms in total. The van der Waals surface area contributed by atoms with E-state index in [1.54, 1.807) is 12.4 Å². The van der Waals surface area contributed by atoms with E-state index in [1.807, 2.05) is 41.2 Å². The summed E-state index contributed by atoms with van der Waals surface area (Å²) in [6, 6.07) is 10.9. The number of anilines is 1. The largest absolute Gasteiger partial charge is 0.465 e. The van der Waals surface area contributed by atoms with Crippen LogP contribution in [-0.4, -0.2) is 69.7 Å². The molecule has 1 fully saturated rings. The van der Waals surface area contributed by atoms with Crippen LogP contribution in [0.3, 0.4) is 0 Å². The number of carboxylic acid groups (broad SMARTS) is 1. The first kappa shape index (κ1) is 29.1.